The van der Waals surface area contributed by atoms with Gasteiger partial charge in [0.05, 0.1) is 29.5 Å². The molecule has 1 aliphatic rings. The second-order valence-electron chi connectivity index (χ2n) is 12.6. The van der Waals surface area contributed by atoms with Crippen molar-refractivity contribution in [3.63, 3.8) is 0 Å². The summed E-state index contributed by atoms with van der Waals surface area (Å²) in [5.74, 6) is -1.77. The number of halogens is 3. The Morgan fingerprint density at radius 1 is 0.980 bits per heavy atom. The number of rotatable bonds is 12. The minimum Gasteiger partial charge on any atom is -0.394 e. The zero-order valence-corrected chi connectivity index (χ0v) is 28.6. The van der Waals surface area contributed by atoms with Crippen molar-refractivity contribution in [3.05, 3.63) is 94.1 Å². The summed E-state index contributed by atoms with van der Waals surface area (Å²) in [5, 5.41) is 20.9. The van der Waals surface area contributed by atoms with Gasteiger partial charge in [-0.3, -0.25) is 19.1 Å². The number of carbonyl (C=O) groups is 3. The summed E-state index contributed by atoms with van der Waals surface area (Å²) in [4.78, 5) is 44.6. The molecule has 0 radical (unpaired) electrons. The van der Waals surface area contributed by atoms with Gasteiger partial charge in [-0.2, -0.15) is 23.4 Å². The number of aromatic nitrogens is 4. The van der Waals surface area contributed by atoms with Crippen LogP contribution in [0.2, 0.25) is 0 Å². The molecule has 2 aromatic heterocycles. The van der Waals surface area contributed by atoms with Crippen LogP contribution in [0.1, 0.15) is 93.2 Å². The molecule has 5 rings (SSSR count). The van der Waals surface area contributed by atoms with E-state index in [-0.39, 0.29) is 36.0 Å². The molecule has 0 spiro atoms. The normalized spacial score (nSPS) is 14.4. The standard InChI is InChI=1S/C36H42F3N7O4/c1-5-7-15-44(16-8-6-2)35(50)30-17-23(3)46(41-30)31-14-13-26(40-33(48)29-21-43(4)42-32(29)36(37,38)39)19-28(31)34(49)45-20-25-12-10-9-11-24(25)18-27(45)22-47/h9-14,17,19,21,27,47H,5-8,15-16,18,20,22H2,1-4H3,(H,40,48)/t27-/m0/s1. The number of aliphatic hydroxyl groups excluding tert-OH is 1. The summed E-state index contributed by atoms with van der Waals surface area (Å²) in [6.07, 6.45) is 0.0581. The second kappa shape index (κ2) is 15.3. The van der Waals surface area contributed by atoms with Crippen molar-refractivity contribution in [2.75, 3.05) is 25.0 Å². The van der Waals surface area contributed by atoms with Crippen LogP contribution in [-0.2, 0) is 26.2 Å². The molecule has 0 saturated heterocycles. The van der Waals surface area contributed by atoms with Gasteiger partial charge in [-0.25, -0.2) is 4.68 Å². The maximum atomic E-state index is 14.5. The molecule has 11 nitrogen and oxygen atoms in total. The van der Waals surface area contributed by atoms with Crippen LogP contribution >= 0.6 is 0 Å². The molecule has 1 atom stereocenters. The first-order chi connectivity index (χ1) is 23.9. The molecule has 0 fully saturated rings. The number of fused-ring (bicyclic) bond motifs is 1. The number of amides is 3. The van der Waals surface area contributed by atoms with Crippen molar-refractivity contribution in [2.24, 2.45) is 7.05 Å². The zero-order valence-electron chi connectivity index (χ0n) is 28.6. The number of anilines is 1. The molecule has 266 valence electrons. The highest BCUT2D eigenvalue weighted by Crippen LogP contribution is 2.32. The van der Waals surface area contributed by atoms with E-state index in [1.54, 1.807) is 17.9 Å². The van der Waals surface area contributed by atoms with E-state index in [1.807, 2.05) is 24.3 Å². The summed E-state index contributed by atoms with van der Waals surface area (Å²) in [6.45, 7) is 6.94. The topological polar surface area (TPSA) is 126 Å². The number of unbranched alkanes of at least 4 members (excludes halogenated alkanes) is 2. The minimum absolute atomic E-state index is 0.0588. The van der Waals surface area contributed by atoms with Crippen molar-refractivity contribution in [1.29, 1.82) is 0 Å². The van der Waals surface area contributed by atoms with Gasteiger partial charge < -0.3 is 20.2 Å². The Labute approximate surface area is 288 Å². The highest BCUT2D eigenvalue weighted by atomic mass is 19.4. The van der Waals surface area contributed by atoms with Gasteiger partial charge in [0.15, 0.2) is 11.4 Å². The van der Waals surface area contributed by atoms with Gasteiger partial charge in [-0.05, 0) is 61.6 Å². The van der Waals surface area contributed by atoms with E-state index in [1.165, 1.54) is 34.8 Å². The Balaban J connectivity index is 1.56. The van der Waals surface area contributed by atoms with E-state index in [0.29, 0.717) is 30.9 Å². The minimum atomic E-state index is -4.86. The lowest BCUT2D eigenvalue weighted by molar-refractivity contribution is -0.141. The van der Waals surface area contributed by atoms with Gasteiger partial charge in [0, 0.05) is 44.3 Å². The Bertz CT molecular complexity index is 1860. The Morgan fingerprint density at radius 3 is 2.30 bits per heavy atom. The SMILES string of the molecule is CCCCN(CCCC)C(=O)c1cc(C)n(-c2ccc(NC(=O)c3cn(C)nc3C(F)(F)F)cc2C(=O)N2Cc3ccccc3C[C@H]2CO)n1. The van der Waals surface area contributed by atoms with Crippen molar-refractivity contribution in [1.82, 2.24) is 29.4 Å². The van der Waals surface area contributed by atoms with Gasteiger partial charge in [0.1, 0.15) is 0 Å². The number of carbonyl (C=O) groups excluding carboxylic acids is 3. The molecule has 3 amide bonds. The number of aliphatic hydroxyl groups is 1. The molecule has 3 heterocycles. The molecule has 4 aromatic rings. The molecule has 0 saturated carbocycles. The van der Waals surface area contributed by atoms with Crippen LogP contribution in [0.4, 0.5) is 18.9 Å². The fourth-order valence-electron chi connectivity index (χ4n) is 6.17. The number of alkyl halides is 3. The lowest BCUT2D eigenvalue weighted by atomic mass is 9.93. The van der Waals surface area contributed by atoms with Crippen LogP contribution in [0.3, 0.4) is 0 Å². The first-order valence-electron chi connectivity index (χ1n) is 16.8. The number of hydrogen-bond acceptors (Lipinski definition) is 6. The smallest absolute Gasteiger partial charge is 0.394 e. The van der Waals surface area contributed by atoms with Crippen molar-refractivity contribution in [3.8, 4) is 5.69 Å². The highest BCUT2D eigenvalue weighted by molar-refractivity contribution is 6.06. The van der Waals surface area contributed by atoms with Gasteiger partial charge in [0.2, 0.25) is 0 Å². The van der Waals surface area contributed by atoms with Gasteiger partial charge in [0.25, 0.3) is 17.7 Å². The second-order valence-corrected chi connectivity index (χ2v) is 12.6. The first kappa shape index (κ1) is 36.3. The van der Waals surface area contributed by atoms with E-state index in [0.717, 1.165) is 47.7 Å². The van der Waals surface area contributed by atoms with E-state index < -0.39 is 35.3 Å². The van der Waals surface area contributed by atoms with Gasteiger partial charge >= 0.3 is 6.18 Å². The third-order valence-electron chi connectivity index (χ3n) is 8.84. The summed E-state index contributed by atoms with van der Waals surface area (Å²) < 4.78 is 43.4. The lowest BCUT2D eigenvalue weighted by Crippen LogP contribution is -2.46. The zero-order chi connectivity index (χ0) is 36.2. The van der Waals surface area contributed by atoms with E-state index in [4.69, 9.17) is 0 Å². The molecule has 2 aromatic carbocycles. The molecule has 14 heteroatoms. The van der Waals surface area contributed by atoms with Crippen molar-refractivity contribution in [2.45, 2.75) is 71.6 Å². The van der Waals surface area contributed by atoms with Gasteiger partial charge in [-0.15, -0.1) is 0 Å². The van der Waals surface area contributed by atoms with Crippen LogP contribution in [-0.4, -0.2) is 77.9 Å². The molecule has 50 heavy (non-hydrogen) atoms. The van der Waals surface area contributed by atoms with Gasteiger partial charge in [-0.1, -0.05) is 51.0 Å². The molecule has 0 aliphatic carbocycles. The largest absolute Gasteiger partial charge is 0.435 e. The summed E-state index contributed by atoms with van der Waals surface area (Å²) in [5.41, 5.74) is 1.12. The molecule has 2 N–H and O–H groups in total. The molecular weight excluding hydrogens is 651 g/mol. The molecular formula is C36H42F3N7O4. The fraction of sp³-hybridized carbons (Fsp3) is 0.417. The van der Waals surface area contributed by atoms with E-state index in [9.17, 15) is 32.7 Å². The van der Waals surface area contributed by atoms with Crippen LogP contribution in [0.15, 0.2) is 54.7 Å². The highest BCUT2D eigenvalue weighted by Gasteiger charge is 2.39. The number of nitrogens with zero attached hydrogens (tertiary/aromatic N) is 6. The predicted molar refractivity (Wildman–Crippen MR) is 181 cm³/mol. The summed E-state index contributed by atoms with van der Waals surface area (Å²) in [7, 11) is 1.28. The Morgan fingerprint density at radius 2 is 1.66 bits per heavy atom. The average molecular weight is 694 g/mol. The lowest BCUT2D eigenvalue weighted by Gasteiger charge is -2.36. The maximum Gasteiger partial charge on any atom is 0.435 e. The average Bonchev–Trinajstić information content (AvgIpc) is 3.70. The maximum absolute atomic E-state index is 14.5. The van der Waals surface area contributed by atoms with Crippen LogP contribution in [0.5, 0.6) is 0 Å². The summed E-state index contributed by atoms with van der Waals surface area (Å²) >= 11 is 0. The number of nitrogens with one attached hydrogen (secondary N) is 1. The third kappa shape index (κ3) is 7.75. The quantitative estimate of drug-likeness (QED) is 0.194. The summed E-state index contributed by atoms with van der Waals surface area (Å²) in [6, 6.07) is 13.1. The van der Waals surface area contributed by atoms with E-state index >= 15 is 0 Å². The Kier molecular flexibility index (Phi) is 11.1. The number of benzene rings is 2. The monoisotopic (exact) mass is 693 g/mol. The Hall–Kier alpha value is -4.98. The van der Waals surface area contributed by atoms with Crippen LogP contribution in [0, 0.1) is 6.92 Å². The molecule has 1 aliphatic heterocycles. The third-order valence-corrected chi connectivity index (χ3v) is 8.84. The van der Waals surface area contributed by atoms with Crippen LogP contribution in [0.25, 0.3) is 5.69 Å². The molecule has 0 unspecified atom stereocenters. The number of hydrogen-bond donors (Lipinski definition) is 2. The van der Waals surface area contributed by atoms with E-state index in [2.05, 4.69) is 29.4 Å². The number of aryl methyl sites for hydroxylation is 2. The molecule has 0 bridgehead atoms. The van der Waals surface area contributed by atoms with Crippen molar-refractivity contribution < 1.29 is 32.7 Å². The first-order valence-corrected chi connectivity index (χ1v) is 16.8. The fourth-order valence-corrected chi connectivity index (χ4v) is 6.17. The predicted octanol–water partition coefficient (Wildman–Crippen LogP) is 5.79. The van der Waals surface area contributed by atoms with Crippen LogP contribution < -0.4 is 5.32 Å². The van der Waals surface area contributed by atoms with Crippen molar-refractivity contribution >= 4 is 23.4 Å².